The maximum absolute atomic E-state index is 13.6. The number of phenolic OH excluding ortho intramolecular Hbond substituents is 2. The second-order valence-corrected chi connectivity index (χ2v) is 24.6. The Kier molecular flexibility index (Phi) is 23.5. The summed E-state index contributed by atoms with van der Waals surface area (Å²) in [5.74, 6) is -8.87. The van der Waals surface area contributed by atoms with Crippen LogP contribution in [0.4, 0.5) is 29.2 Å². The average Bonchev–Trinajstić information content (AvgIpc) is 0.710. The number of methoxy groups -OCH3 is 1. The Balaban J connectivity index is 0.000000182. The molecule has 2 unspecified atom stereocenters. The molecule has 546 valence electrons. The summed E-state index contributed by atoms with van der Waals surface area (Å²) in [5.41, 5.74) is 30.5. The third-order valence-corrected chi connectivity index (χ3v) is 17.5. The highest BCUT2D eigenvalue weighted by Gasteiger charge is 2.50. The number of nitrogens with one attached hydrogen (secondary N) is 3. The number of nitrogens with two attached hydrogens (primary N) is 5. The standard InChI is InChI=1S/C27H29NO10.C22H25N7O5.C19H20N8O5/c1-10-22(30)14(28)7-17(37-10)38-16-9-27(35,11(2)29)8-13-19(16)26(34)21-20(24(13)32)23(31)12-5-4-6-15(36-3)18(12)25(21)33;1-2-11(9-14-10-25-19-17(26-14)18(23)28-22(24)29-19)12-3-5-13(6-4-12)20(32)27-15(21(33)34)7-8-16(30)31;20-15-14-16(27-19(21)26-15)23-8-11(24-14)7-22-10-3-1-9(2-4-10)17(30)25-12(18(31)32)5-6-13(28)29/h4-6,10,14,16-17,22,30,32,34-35H,7-9,28H2,1-3H3;3-6,10-11,15H,2,7-9H2,1H3,(H,27,32)(H,30,31)(H,33,34)(H4,23,24,25,28,29);1-4,8,12,22H,5-7H2,(H,25,30)(H,28,29)(H,31,32)(H4,20,21,23,26,27)/t10-,14-,16-,17-,22+,27-;11?,15-;/m00./s1. The number of hydrogen-bond acceptors (Lipinski definition) is 30. The number of carbonyl (C=O) groups excluding carboxylic acids is 5. The fraction of sp³-hybridized carbons (Fsp3) is 0.338. The Labute approximate surface area is 589 Å². The molecular weight excluding hydrogens is 1360 g/mol. The number of ketones is 3. The molecule has 9 atom stereocenters. The molecule has 3 aliphatic rings. The molecule has 2 amide bonds. The number of Topliss-reactive ketones (excluding diaryl/α,β-unsaturated/α-hetero) is 1. The molecule has 1 aliphatic heterocycles. The quantitative estimate of drug-likeness (QED) is 0.0409. The van der Waals surface area contributed by atoms with Gasteiger partial charge in [-0.15, -0.1) is 0 Å². The zero-order valence-electron chi connectivity index (χ0n) is 56.1. The normalized spacial score (nSPS) is 18.8. The SMILES string of the molecule is CCC(Cc1cnc2nc(N)nc(N)c2n1)c1ccc(C(=O)N[C@@H](CCC(=O)O)C(=O)O)cc1.COc1cccc2c1C(=O)c1c(O)c3c(c(O)c1C2=O)C[C@@](O)(C(C)=O)C[C@@H]3O[C@H]1C[C@H](N)[C@H](O)[C@H](C)O1.Nc1nc(N)c2nc(CNc3ccc(C(=O)NC(CCC(=O)O)C(=O)O)cc3)cnc2n1. The Hall–Kier alpha value is -12.3. The summed E-state index contributed by atoms with van der Waals surface area (Å²) in [6, 6.07) is 14.2. The number of nitrogen functional groups attached to an aromatic ring is 4. The molecule has 4 aromatic heterocycles. The average molecular weight is 1440 g/mol. The number of rotatable bonds is 23. The lowest BCUT2D eigenvalue weighted by Gasteiger charge is -2.42. The van der Waals surface area contributed by atoms with E-state index < -0.39 is 130 Å². The van der Waals surface area contributed by atoms with Crippen molar-refractivity contribution in [2.45, 2.75) is 139 Å². The number of aliphatic carboxylic acids is 4. The van der Waals surface area contributed by atoms with Crippen LogP contribution in [0.2, 0.25) is 0 Å². The van der Waals surface area contributed by atoms with Gasteiger partial charge in [-0.3, -0.25) is 33.6 Å². The first-order chi connectivity index (χ1) is 49.3. The first kappa shape index (κ1) is 75.9. The van der Waals surface area contributed by atoms with Gasteiger partial charge in [-0.25, -0.2) is 29.5 Å². The number of carboxylic acid groups (broad SMARTS) is 4. The first-order valence-corrected chi connectivity index (χ1v) is 32.2. The molecule has 0 saturated carbocycles. The van der Waals surface area contributed by atoms with Gasteiger partial charge in [0.15, 0.2) is 51.8 Å². The number of carbonyl (C=O) groups is 9. The predicted octanol–water partition coefficient (Wildman–Crippen LogP) is 2.64. The first-order valence-electron chi connectivity index (χ1n) is 32.2. The highest BCUT2D eigenvalue weighted by atomic mass is 16.7. The van der Waals surface area contributed by atoms with Crippen LogP contribution in [-0.2, 0) is 52.8 Å². The number of aromatic hydroxyl groups is 2. The van der Waals surface area contributed by atoms with E-state index >= 15 is 0 Å². The summed E-state index contributed by atoms with van der Waals surface area (Å²) >= 11 is 0. The van der Waals surface area contributed by atoms with Gasteiger partial charge >= 0.3 is 23.9 Å². The van der Waals surface area contributed by atoms with Crippen LogP contribution in [0.3, 0.4) is 0 Å². The Morgan fingerprint density at radius 1 is 0.702 bits per heavy atom. The number of carboxylic acids is 4. The van der Waals surface area contributed by atoms with Crippen LogP contribution in [0.1, 0.15) is 158 Å². The zero-order chi connectivity index (χ0) is 75.8. The third kappa shape index (κ3) is 17.2. The number of benzene rings is 4. The lowest BCUT2D eigenvalue weighted by atomic mass is 9.72. The van der Waals surface area contributed by atoms with Gasteiger partial charge in [0.1, 0.15) is 34.9 Å². The van der Waals surface area contributed by atoms with E-state index in [4.69, 9.17) is 58.2 Å². The summed E-state index contributed by atoms with van der Waals surface area (Å²) in [6.07, 6.45) is -1.21. The van der Waals surface area contributed by atoms with Gasteiger partial charge in [0.25, 0.3) is 11.8 Å². The zero-order valence-corrected chi connectivity index (χ0v) is 56.1. The number of fused-ring (bicyclic) bond motifs is 5. The highest BCUT2D eigenvalue weighted by Crippen LogP contribution is 2.53. The van der Waals surface area contributed by atoms with Gasteiger partial charge in [0.2, 0.25) is 17.7 Å². The van der Waals surface area contributed by atoms with Crippen LogP contribution in [0.25, 0.3) is 22.3 Å². The summed E-state index contributed by atoms with van der Waals surface area (Å²) < 4.78 is 17.1. The number of nitrogens with zero attached hydrogens (tertiary/aromatic N) is 8. The van der Waals surface area contributed by atoms with E-state index in [0.717, 1.165) is 12.0 Å². The van der Waals surface area contributed by atoms with Crippen LogP contribution < -0.4 is 49.4 Å². The number of aromatic nitrogens is 8. The smallest absolute Gasteiger partial charge is 0.326 e. The van der Waals surface area contributed by atoms with Crippen molar-refractivity contribution in [3.05, 3.63) is 141 Å². The van der Waals surface area contributed by atoms with E-state index in [1.54, 1.807) is 49.5 Å². The van der Waals surface area contributed by atoms with E-state index in [1.807, 2.05) is 6.92 Å². The van der Waals surface area contributed by atoms with Crippen molar-refractivity contribution in [3.63, 3.8) is 0 Å². The topological polar surface area (TPSA) is 612 Å². The maximum atomic E-state index is 13.6. The number of amides is 2. The van der Waals surface area contributed by atoms with Crippen LogP contribution >= 0.6 is 0 Å². The molecule has 1 saturated heterocycles. The summed E-state index contributed by atoms with van der Waals surface area (Å²) in [5, 5.41) is 87.7. The molecule has 104 heavy (non-hydrogen) atoms. The van der Waals surface area contributed by atoms with Crippen molar-refractivity contribution in [1.29, 1.82) is 0 Å². The largest absolute Gasteiger partial charge is 0.507 e. The number of phenols is 2. The van der Waals surface area contributed by atoms with E-state index in [1.165, 1.54) is 50.6 Å². The number of anilines is 5. The van der Waals surface area contributed by atoms with Gasteiger partial charge in [0.05, 0.1) is 72.4 Å². The van der Waals surface area contributed by atoms with Crippen molar-refractivity contribution >= 4 is 105 Å². The molecule has 36 nitrogen and oxygen atoms in total. The molecule has 21 N–H and O–H groups in total. The minimum atomic E-state index is -2.00. The Morgan fingerprint density at radius 3 is 1.74 bits per heavy atom. The molecule has 0 spiro atoms. The molecule has 2 aliphatic carbocycles. The van der Waals surface area contributed by atoms with Crippen LogP contribution in [0, 0.1) is 0 Å². The van der Waals surface area contributed by atoms with E-state index in [9.17, 15) is 68.7 Å². The Bertz CT molecular complexity index is 4670. The van der Waals surface area contributed by atoms with Crippen molar-refractivity contribution in [3.8, 4) is 17.2 Å². The van der Waals surface area contributed by atoms with Gasteiger partial charge in [-0.05, 0) is 93.5 Å². The fourth-order valence-corrected chi connectivity index (χ4v) is 11.9. The lowest BCUT2D eigenvalue weighted by Crippen LogP contribution is -2.52. The summed E-state index contributed by atoms with van der Waals surface area (Å²) in [7, 11) is 1.34. The molecule has 8 aromatic rings. The van der Waals surface area contributed by atoms with Crippen molar-refractivity contribution in [1.82, 2.24) is 50.5 Å². The second-order valence-electron chi connectivity index (χ2n) is 24.6. The molecule has 4 aromatic carbocycles. The van der Waals surface area contributed by atoms with Gasteiger partial charge in [0, 0.05) is 71.7 Å². The van der Waals surface area contributed by atoms with Crippen molar-refractivity contribution < 1.29 is 98.2 Å². The van der Waals surface area contributed by atoms with Crippen molar-refractivity contribution in [2.75, 3.05) is 35.4 Å². The minimum Gasteiger partial charge on any atom is -0.507 e. The van der Waals surface area contributed by atoms with E-state index in [2.05, 4.69) is 55.8 Å². The highest BCUT2D eigenvalue weighted by molar-refractivity contribution is 6.31. The summed E-state index contributed by atoms with van der Waals surface area (Å²) in [4.78, 5) is 141. The number of ether oxygens (including phenoxy) is 3. The minimum absolute atomic E-state index is 0.0101. The number of hydrogen-bond donors (Lipinski definition) is 16. The van der Waals surface area contributed by atoms with Gasteiger partial charge < -0.3 is 99.7 Å². The van der Waals surface area contributed by atoms with Crippen molar-refractivity contribution in [2.24, 2.45) is 5.73 Å². The molecule has 36 heteroatoms. The van der Waals surface area contributed by atoms with E-state index in [-0.39, 0.29) is 113 Å². The van der Waals surface area contributed by atoms with Crippen LogP contribution in [0.5, 0.6) is 17.2 Å². The molecule has 0 bridgehead atoms. The molecule has 1 fully saturated rings. The van der Waals surface area contributed by atoms with Gasteiger partial charge in [-0.2, -0.15) is 19.9 Å². The lowest BCUT2D eigenvalue weighted by molar-refractivity contribution is -0.247. The number of aliphatic hydroxyl groups excluding tert-OH is 1. The predicted molar refractivity (Wildman–Crippen MR) is 367 cm³/mol. The fourth-order valence-electron chi connectivity index (χ4n) is 11.9. The van der Waals surface area contributed by atoms with Crippen LogP contribution in [-0.4, -0.2) is 183 Å². The molecule has 11 rings (SSSR count). The molecule has 0 radical (unpaired) electrons. The van der Waals surface area contributed by atoms with E-state index in [0.29, 0.717) is 46.7 Å². The Morgan fingerprint density at radius 2 is 1.23 bits per heavy atom. The van der Waals surface area contributed by atoms with Gasteiger partial charge in [-0.1, -0.05) is 31.2 Å². The maximum Gasteiger partial charge on any atom is 0.326 e. The second kappa shape index (κ2) is 32.2. The molecular formula is C68H74N16O20. The third-order valence-electron chi connectivity index (χ3n) is 17.5. The number of aliphatic hydroxyl groups is 2. The molecule has 5 heterocycles. The van der Waals surface area contributed by atoms with Crippen LogP contribution in [0.15, 0.2) is 79.1 Å². The monoisotopic (exact) mass is 1430 g/mol. The summed E-state index contributed by atoms with van der Waals surface area (Å²) in [6.45, 7) is 5.11.